The van der Waals surface area contributed by atoms with Gasteiger partial charge < -0.3 is 5.32 Å². The SMILES string of the molecule is CC(c1cc(F)cc(F)c1)N1CCCC2(CCCNC2)C1. The van der Waals surface area contributed by atoms with Gasteiger partial charge in [-0.3, -0.25) is 4.90 Å². The van der Waals surface area contributed by atoms with E-state index in [1.54, 1.807) is 0 Å². The zero-order valence-electron chi connectivity index (χ0n) is 12.7. The summed E-state index contributed by atoms with van der Waals surface area (Å²) in [5, 5.41) is 3.52. The van der Waals surface area contributed by atoms with Crippen molar-refractivity contribution in [2.24, 2.45) is 5.41 Å². The fourth-order valence-electron chi connectivity index (χ4n) is 3.98. The third-order valence-electron chi connectivity index (χ3n) is 5.17. The van der Waals surface area contributed by atoms with Crippen molar-refractivity contribution in [1.82, 2.24) is 10.2 Å². The predicted octanol–water partition coefficient (Wildman–Crippen LogP) is 3.49. The van der Waals surface area contributed by atoms with Crippen molar-refractivity contribution in [2.45, 2.75) is 38.6 Å². The Balaban J connectivity index is 1.76. The number of halogens is 2. The van der Waals surface area contributed by atoms with Crippen molar-refractivity contribution in [2.75, 3.05) is 26.2 Å². The fraction of sp³-hybridized carbons (Fsp3) is 0.647. The molecule has 2 unspecified atom stereocenters. The average Bonchev–Trinajstić information content (AvgIpc) is 2.46. The third-order valence-corrected chi connectivity index (χ3v) is 5.17. The maximum atomic E-state index is 13.4. The van der Waals surface area contributed by atoms with Gasteiger partial charge in [-0.05, 0) is 68.8 Å². The van der Waals surface area contributed by atoms with Gasteiger partial charge in [0.2, 0.25) is 0 Å². The summed E-state index contributed by atoms with van der Waals surface area (Å²) in [6.07, 6.45) is 4.93. The topological polar surface area (TPSA) is 15.3 Å². The quantitative estimate of drug-likeness (QED) is 0.898. The summed E-state index contributed by atoms with van der Waals surface area (Å²) in [5.74, 6) is -0.967. The molecule has 2 aliphatic rings. The van der Waals surface area contributed by atoms with Crippen LogP contribution in [0.1, 0.15) is 44.2 Å². The van der Waals surface area contributed by atoms with Crippen LogP contribution in [0.15, 0.2) is 18.2 Å². The molecule has 0 radical (unpaired) electrons. The minimum absolute atomic E-state index is 0.0642. The highest BCUT2D eigenvalue weighted by Gasteiger charge is 2.37. The molecule has 2 heterocycles. The number of nitrogens with one attached hydrogen (secondary N) is 1. The second-order valence-electron chi connectivity index (χ2n) is 6.73. The average molecular weight is 294 g/mol. The molecule has 0 amide bonds. The first-order chi connectivity index (χ1) is 10.1. The van der Waals surface area contributed by atoms with E-state index in [2.05, 4.69) is 17.1 Å². The van der Waals surface area contributed by atoms with Gasteiger partial charge in [0, 0.05) is 25.2 Å². The standard InChI is InChI=1S/C17H24F2N2/c1-13(14-8-15(18)10-16(19)9-14)21-7-3-5-17(12-21)4-2-6-20-11-17/h8-10,13,20H,2-7,11-12H2,1H3. The number of likely N-dealkylation sites (tertiary alicyclic amines) is 1. The van der Waals surface area contributed by atoms with Crippen molar-refractivity contribution < 1.29 is 8.78 Å². The second-order valence-corrected chi connectivity index (χ2v) is 6.73. The number of rotatable bonds is 2. The molecule has 3 rings (SSSR count). The van der Waals surface area contributed by atoms with Crippen LogP contribution in [0.5, 0.6) is 0 Å². The summed E-state index contributed by atoms with van der Waals surface area (Å²) >= 11 is 0. The van der Waals surface area contributed by atoms with Crippen LogP contribution in [-0.4, -0.2) is 31.1 Å². The largest absolute Gasteiger partial charge is 0.316 e. The fourth-order valence-corrected chi connectivity index (χ4v) is 3.98. The number of hydrogen-bond donors (Lipinski definition) is 1. The summed E-state index contributed by atoms with van der Waals surface area (Å²) in [6, 6.07) is 3.94. The Kier molecular flexibility index (Phi) is 4.27. The molecule has 0 aliphatic carbocycles. The number of hydrogen-bond acceptors (Lipinski definition) is 2. The van der Waals surface area contributed by atoms with Crippen LogP contribution in [0.4, 0.5) is 8.78 Å². The summed E-state index contributed by atoms with van der Waals surface area (Å²) in [5.41, 5.74) is 1.10. The minimum Gasteiger partial charge on any atom is -0.316 e. The van der Waals surface area contributed by atoms with Gasteiger partial charge in [0.1, 0.15) is 11.6 Å². The van der Waals surface area contributed by atoms with Crippen LogP contribution < -0.4 is 5.32 Å². The van der Waals surface area contributed by atoms with Crippen LogP contribution in [0.25, 0.3) is 0 Å². The van der Waals surface area contributed by atoms with Gasteiger partial charge >= 0.3 is 0 Å². The van der Waals surface area contributed by atoms with E-state index < -0.39 is 11.6 Å². The lowest BCUT2D eigenvalue weighted by molar-refractivity contribution is 0.0414. The molecular weight excluding hydrogens is 270 g/mol. The molecule has 1 spiro atoms. The highest BCUT2D eigenvalue weighted by atomic mass is 19.1. The van der Waals surface area contributed by atoms with E-state index in [0.717, 1.165) is 37.8 Å². The van der Waals surface area contributed by atoms with Crippen LogP contribution in [0.3, 0.4) is 0 Å². The Bertz CT molecular complexity index is 472. The van der Waals surface area contributed by atoms with Gasteiger partial charge in [0.25, 0.3) is 0 Å². The second kappa shape index (κ2) is 6.01. The lowest BCUT2D eigenvalue weighted by Gasteiger charge is -2.47. The molecule has 2 nitrogen and oxygen atoms in total. The molecule has 4 heteroatoms. The van der Waals surface area contributed by atoms with E-state index in [1.165, 1.54) is 37.8 Å². The Morgan fingerprint density at radius 2 is 1.86 bits per heavy atom. The molecule has 1 N–H and O–H groups in total. The van der Waals surface area contributed by atoms with Gasteiger partial charge in [-0.15, -0.1) is 0 Å². The molecule has 0 saturated carbocycles. The predicted molar refractivity (Wildman–Crippen MR) is 80.1 cm³/mol. The van der Waals surface area contributed by atoms with Gasteiger partial charge in [0.15, 0.2) is 0 Å². The van der Waals surface area contributed by atoms with Crippen LogP contribution >= 0.6 is 0 Å². The Hall–Kier alpha value is -1.00. The molecule has 2 saturated heterocycles. The normalized spacial score (nSPS) is 28.7. The Morgan fingerprint density at radius 3 is 2.52 bits per heavy atom. The lowest BCUT2D eigenvalue weighted by Crippen LogP contribution is -2.51. The number of nitrogens with zero attached hydrogens (tertiary/aromatic N) is 1. The number of benzene rings is 1. The van der Waals surface area contributed by atoms with E-state index in [4.69, 9.17) is 0 Å². The van der Waals surface area contributed by atoms with Crippen LogP contribution in [-0.2, 0) is 0 Å². The van der Waals surface area contributed by atoms with Crippen molar-refractivity contribution in [3.8, 4) is 0 Å². The van der Waals surface area contributed by atoms with Gasteiger partial charge in [-0.25, -0.2) is 8.78 Å². The monoisotopic (exact) mass is 294 g/mol. The first-order valence-corrected chi connectivity index (χ1v) is 7.99. The minimum atomic E-state index is -0.483. The van der Waals surface area contributed by atoms with Crippen molar-refractivity contribution >= 4 is 0 Å². The first kappa shape index (κ1) is 14.9. The lowest BCUT2D eigenvalue weighted by atomic mass is 9.74. The van der Waals surface area contributed by atoms with Crippen molar-refractivity contribution in [3.63, 3.8) is 0 Å². The highest BCUT2D eigenvalue weighted by molar-refractivity contribution is 5.21. The molecular formula is C17H24F2N2. The van der Waals surface area contributed by atoms with E-state index >= 15 is 0 Å². The molecule has 1 aromatic carbocycles. The Labute approximate surface area is 125 Å². The van der Waals surface area contributed by atoms with Crippen LogP contribution in [0.2, 0.25) is 0 Å². The summed E-state index contributed by atoms with van der Waals surface area (Å²) in [7, 11) is 0. The zero-order chi connectivity index (χ0) is 14.9. The molecule has 2 atom stereocenters. The molecule has 2 aliphatic heterocycles. The first-order valence-electron chi connectivity index (χ1n) is 7.99. The summed E-state index contributed by atoms with van der Waals surface area (Å²) in [6.45, 7) is 6.30. The van der Waals surface area contributed by atoms with E-state index in [1.807, 2.05) is 0 Å². The zero-order valence-corrected chi connectivity index (χ0v) is 12.7. The smallest absolute Gasteiger partial charge is 0.126 e. The van der Waals surface area contributed by atoms with E-state index in [0.29, 0.717) is 5.41 Å². The third kappa shape index (κ3) is 3.27. The van der Waals surface area contributed by atoms with Gasteiger partial charge in [-0.1, -0.05) is 0 Å². The van der Waals surface area contributed by atoms with Crippen LogP contribution in [0, 0.1) is 17.0 Å². The summed E-state index contributed by atoms with van der Waals surface area (Å²) in [4.78, 5) is 2.39. The van der Waals surface area contributed by atoms with E-state index in [-0.39, 0.29) is 6.04 Å². The van der Waals surface area contributed by atoms with E-state index in [9.17, 15) is 8.78 Å². The molecule has 2 fully saturated rings. The number of piperidine rings is 2. The Morgan fingerprint density at radius 1 is 1.14 bits per heavy atom. The molecule has 0 bridgehead atoms. The molecule has 1 aromatic rings. The van der Waals surface area contributed by atoms with Crippen molar-refractivity contribution in [3.05, 3.63) is 35.4 Å². The summed E-state index contributed by atoms with van der Waals surface area (Å²) < 4.78 is 26.9. The molecule has 21 heavy (non-hydrogen) atoms. The van der Waals surface area contributed by atoms with Gasteiger partial charge in [-0.2, -0.15) is 0 Å². The van der Waals surface area contributed by atoms with Crippen molar-refractivity contribution in [1.29, 1.82) is 0 Å². The maximum absolute atomic E-state index is 13.4. The molecule has 116 valence electrons. The maximum Gasteiger partial charge on any atom is 0.126 e. The highest BCUT2D eigenvalue weighted by Crippen LogP contribution is 2.38. The molecule has 0 aromatic heterocycles. The van der Waals surface area contributed by atoms with Gasteiger partial charge in [0.05, 0.1) is 0 Å².